The van der Waals surface area contributed by atoms with Crippen molar-refractivity contribution in [3.8, 4) is 0 Å². The van der Waals surface area contributed by atoms with Gasteiger partial charge in [-0.05, 0) is 0 Å². The number of Topliss-reactive ketones (excluding diaryl/α,β-unsaturated/α-hetero) is 1. The summed E-state index contributed by atoms with van der Waals surface area (Å²) in [6, 6.07) is 4.99. The van der Waals surface area contributed by atoms with Gasteiger partial charge in [-0.1, -0.05) is 12.1 Å². The molecule has 9 heteroatoms. The quantitative estimate of drug-likeness (QED) is 0.457. The first kappa shape index (κ1) is 16.8. The summed E-state index contributed by atoms with van der Waals surface area (Å²) in [6.45, 7) is 0.381. The van der Waals surface area contributed by atoms with Gasteiger partial charge >= 0.3 is 6.09 Å². The van der Waals surface area contributed by atoms with E-state index in [-0.39, 0.29) is 43.3 Å². The topological polar surface area (TPSA) is 124 Å². The first-order valence-corrected chi connectivity index (χ1v) is 7.02. The van der Waals surface area contributed by atoms with Crippen LogP contribution in [0.4, 0.5) is 10.5 Å². The molecule has 0 aliphatic carbocycles. The van der Waals surface area contributed by atoms with Gasteiger partial charge in [-0.25, -0.2) is 4.79 Å². The SMILES string of the molecule is O=C(CN1CCN(C(=O)O)CC1CO)c1cccc([N+](=O)[O-])c1. The zero-order valence-corrected chi connectivity index (χ0v) is 12.3. The van der Waals surface area contributed by atoms with Gasteiger partial charge < -0.3 is 15.1 Å². The second kappa shape index (κ2) is 7.16. The van der Waals surface area contributed by atoms with Gasteiger partial charge in [-0.3, -0.25) is 19.8 Å². The van der Waals surface area contributed by atoms with Crippen LogP contribution in [0.1, 0.15) is 10.4 Å². The minimum absolute atomic E-state index is 0.0279. The standard InChI is InChI=1S/C14H17N3O6/c18-9-12-7-16(14(20)21)5-4-15(12)8-13(19)10-2-1-3-11(6-10)17(22)23/h1-3,6,12,18H,4-5,7-9H2,(H,20,21). The van der Waals surface area contributed by atoms with Gasteiger partial charge in [0.05, 0.1) is 24.1 Å². The fourth-order valence-corrected chi connectivity index (χ4v) is 2.52. The monoisotopic (exact) mass is 323 g/mol. The maximum Gasteiger partial charge on any atom is 0.407 e. The van der Waals surface area contributed by atoms with Crippen LogP contribution in [0.15, 0.2) is 24.3 Å². The van der Waals surface area contributed by atoms with E-state index in [1.165, 1.54) is 29.2 Å². The van der Waals surface area contributed by atoms with Crippen molar-refractivity contribution in [1.82, 2.24) is 9.80 Å². The van der Waals surface area contributed by atoms with Crippen molar-refractivity contribution >= 4 is 17.6 Å². The lowest BCUT2D eigenvalue weighted by Gasteiger charge is -2.39. The summed E-state index contributed by atoms with van der Waals surface area (Å²) in [7, 11) is 0. The van der Waals surface area contributed by atoms with E-state index in [0.29, 0.717) is 6.54 Å². The van der Waals surface area contributed by atoms with E-state index in [2.05, 4.69) is 0 Å². The summed E-state index contributed by atoms with van der Waals surface area (Å²) in [5.74, 6) is -0.309. The van der Waals surface area contributed by atoms with E-state index in [1.54, 1.807) is 4.90 Å². The third-order valence-corrected chi connectivity index (χ3v) is 3.81. The van der Waals surface area contributed by atoms with E-state index in [0.717, 1.165) is 0 Å². The van der Waals surface area contributed by atoms with Gasteiger partial charge in [0.25, 0.3) is 5.69 Å². The van der Waals surface area contributed by atoms with Crippen molar-refractivity contribution in [3.05, 3.63) is 39.9 Å². The second-order valence-electron chi connectivity index (χ2n) is 5.27. The summed E-state index contributed by atoms with van der Waals surface area (Å²) in [6.07, 6.45) is -1.06. The molecule has 2 rings (SSSR count). The van der Waals surface area contributed by atoms with Gasteiger partial charge in [-0.2, -0.15) is 0 Å². The number of benzene rings is 1. The minimum atomic E-state index is -1.06. The summed E-state index contributed by atoms with van der Waals surface area (Å²) >= 11 is 0. The zero-order valence-electron chi connectivity index (χ0n) is 12.3. The van der Waals surface area contributed by atoms with Crippen LogP contribution < -0.4 is 0 Å². The Kier molecular flexibility index (Phi) is 5.24. The summed E-state index contributed by atoms with van der Waals surface area (Å²) in [4.78, 5) is 36.3. The first-order valence-electron chi connectivity index (χ1n) is 7.02. The van der Waals surface area contributed by atoms with Crippen LogP contribution in [0.25, 0.3) is 0 Å². The minimum Gasteiger partial charge on any atom is -0.465 e. The number of nitrogens with zero attached hydrogens (tertiary/aromatic N) is 3. The Bertz CT molecular complexity index is 620. The molecule has 0 radical (unpaired) electrons. The molecule has 1 aliphatic heterocycles. The number of piperazine rings is 1. The molecule has 0 spiro atoms. The zero-order chi connectivity index (χ0) is 17.0. The number of hydrogen-bond acceptors (Lipinski definition) is 6. The van der Waals surface area contributed by atoms with Crippen molar-refractivity contribution in [1.29, 1.82) is 0 Å². The molecule has 1 unspecified atom stereocenters. The number of carboxylic acid groups (broad SMARTS) is 1. The number of aliphatic hydroxyl groups excluding tert-OH is 1. The number of amides is 1. The fourth-order valence-electron chi connectivity index (χ4n) is 2.52. The predicted molar refractivity (Wildman–Crippen MR) is 79.5 cm³/mol. The number of hydrogen-bond donors (Lipinski definition) is 2. The number of non-ortho nitro benzene ring substituents is 1. The Morgan fingerprint density at radius 1 is 1.35 bits per heavy atom. The highest BCUT2D eigenvalue weighted by Gasteiger charge is 2.30. The van der Waals surface area contributed by atoms with E-state index in [9.17, 15) is 24.8 Å². The van der Waals surface area contributed by atoms with Gasteiger partial charge in [-0.15, -0.1) is 0 Å². The highest BCUT2D eigenvalue weighted by molar-refractivity contribution is 5.98. The molecule has 2 N–H and O–H groups in total. The van der Waals surface area contributed by atoms with E-state index < -0.39 is 17.1 Å². The Labute approximate surface area is 131 Å². The van der Waals surface area contributed by atoms with Crippen LogP contribution in [0.2, 0.25) is 0 Å². The molecule has 1 fully saturated rings. The molecular formula is C14H17N3O6. The van der Waals surface area contributed by atoms with Crippen LogP contribution in [0, 0.1) is 10.1 Å². The number of nitro benzene ring substituents is 1. The number of carbonyl (C=O) groups is 2. The number of carbonyl (C=O) groups excluding carboxylic acids is 1. The third-order valence-electron chi connectivity index (χ3n) is 3.81. The molecule has 23 heavy (non-hydrogen) atoms. The lowest BCUT2D eigenvalue weighted by Crippen LogP contribution is -2.56. The van der Waals surface area contributed by atoms with Crippen LogP contribution >= 0.6 is 0 Å². The molecule has 1 aromatic rings. The van der Waals surface area contributed by atoms with Gasteiger partial charge in [0.1, 0.15) is 0 Å². The third kappa shape index (κ3) is 4.02. The molecule has 0 bridgehead atoms. The average Bonchev–Trinajstić information content (AvgIpc) is 2.55. The van der Waals surface area contributed by atoms with E-state index in [1.807, 2.05) is 0 Å². The maximum atomic E-state index is 12.3. The maximum absolute atomic E-state index is 12.3. The lowest BCUT2D eigenvalue weighted by atomic mass is 10.1. The molecule has 0 aromatic heterocycles. The highest BCUT2D eigenvalue weighted by atomic mass is 16.6. The molecule has 1 saturated heterocycles. The molecule has 0 saturated carbocycles. The van der Waals surface area contributed by atoms with Crippen LogP contribution in [-0.4, -0.2) is 75.6 Å². The van der Waals surface area contributed by atoms with Gasteiger partial charge in [0.2, 0.25) is 0 Å². The highest BCUT2D eigenvalue weighted by Crippen LogP contribution is 2.16. The predicted octanol–water partition coefficient (Wildman–Crippen LogP) is 0.434. The smallest absolute Gasteiger partial charge is 0.407 e. The largest absolute Gasteiger partial charge is 0.465 e. The molecular weight excluding hydrogens is 306 g/mol. The second-order valence-corrected chi connectivity index (χ2v) is 5.27. The van der Waals surface area contributed by atoms with Crippen molar-refractivity contribution in [2.24, 2.45) is 0 Å². The lowest BCUT2D eigenvalue weighted by molar-refractivity contribution is -0.384. The summed E-state index contributed by atoms with van der Waals surface area (Å²) < 4.78 is 0. The molecule has 9 nitrogen and oxygen atoms in total. The first-order chi connectivity index (χ1) is 10.9. The number of nitro groups is 1. The molecule has 1 aliphatic rings. The average molecular weight is 323 g/mol. The van der Waals surface area contributed by atoms with Crippen LogP contribution in [0.5, 0.6) is 0 Å². The van der Waals surface area contributed by atoms with Gasteiger partial charge in [0, 0.05) is 37.3 Å². The normalized spacial score (nSPS) is 18.7. The Morgan fingerprint density at radius 2 is 2.09 bits per heavy atom. The molecule has 124 valence electrons. The number of aliphatic hydroxyl groups is 1. The van der Waals surface area contributed by atoms with Crippen molar-refractivity contribution in [2.45, 2.75) is 6.04 Å². The number of rotatable bonds is 5. The van der Waals surface area contributed by atoms with Gasteiger partial charge in [0.15, 0.2) is 5.78 Å². The van der Waals surface area contributed by atoms with Crippen LogP contribution in [0.3, 0.4) is 0 Å². The van der Waals surface area contributed by atoms with Crippen molar-refractivity contribution in [3.63, 3.8) is 0 Å². The fraction of sp³-hybridized carbons (Fsp3) is 0.429. The molecule has 1 amide bonds. The Hall–Kier alpha value is -2.52. The number of ketones is 1. The summed E-state index contributed by atoms with van der Waals surface area (Å²) in [5.41, 5.74) is 0.0572. The molecule has 1 aromatic carbocycles. The van der Waals surface area contributed by atoms with Crippen molar-refractivity contribution < 1.29 is 24.7 Å². The Balaban J connectivity index is 2.06. The summed E-state index contributed by atoms with van der Waals surface area (Å²) in [5, 5.41) is 29.1. The van der Waals surface area contributed by atoms with E-state index in [4.69, 9.17) is 5.11 Å². The molecule has 1 atom stereocenters. The van der Waals surface area contributed by atoms with Crippen molar-refractivity contribution in [2.75, 3.05) is 32.8 Å². The van der Waals surface area contributed by atoms with E-state index >= 15 is 0 Å². The molecule has 1 heterocycles. The van der Waals surface area contributed by atoms with Crippen LogP contribution in [-0.2, 0) is 0 Å². The Morgan fingerprint density at radius 3 is 2.70 bits per heavy atom.